The van der Waals surface area contributed by atoms with E-state index >= 15 is 0 Å². The number of hydrogen-bond donors (Lipinski definition) is 1. The van der Waals surface area contributed by atoms with E-state index < -0.39 is 0 Å². The van der Waals surface area contributed by atoms with Crippen molar-refractivity contribution in [1.82, 2.24) is 9.97 Å². The number of benzene rings is 2. The molecule has 2 N–H and O–H groups in total. The Balaban J connectivity index is 1.73. The lowest BCUT2D eigenvalue weighted by Crippen LogP contribution is -2.24. The lowest BCUT2D eigenvalue weighted by atomic mass is 10.0. The van der Waals surface area contributed by atoms with E-state index in [1.807, 2.05) is 44.4 Å². The molecular formula is C23H20FN5. The quantitative estimate of drug-likeness (QED) is 0.533. The molecule has 1 aliphatic rings. The summed E-state index contributed by atoms with van der Waals surface area (Å²) >= 11 is 0. The van der Waals surface area contributed by atoms with Gasteiger partial charge in [0.25, 0.3) is 0 Å². The maximum Gasteiger partial charge on any atom is 0.128 e. The van der Waals surface area contributed by atoms with Gasteiger partial charge in [-0.2, -0.15) is 0 Å². The van der Waals surface area contributed by atoms with Crippen LogP contribution in [0, 0.1) is 12.7 Å². The highest BCUT2D eigenvalue weighted by Gasteiger charge is 2.28. The molecule has 144 valence electrons. The van der Waals surface area contributed by atoms with Gasteiger partial charge in [0, 0.05) is 35.4 Å². The van der Waals surface area contributed by atoms with Crippen molar-refractivity contribution in [1.29, 1.82) is 0 Å². The van der Waals surface area contributed by atoms with Crippen LogP contribution in [-0.4, -0.2) is 23.7 Å². The molecule has 0 unspecified atom stereocenters. The van der Waals surface area contributed by atoms with Gasteiger partial charge in [-0.15, -0.1) is 0 Å². The minimum atomic E-state index is -0.203. The Hall–Kier alpha value is -3.67. The summed E-state index contributed by atoms with van der Waals surface area (Å²) in [4.78, 5) is 13.1. The van der Waals surface area contributed by atoms with Gasteiger partial charge in [-0.05, 0) is 48.9 Å². The first-order valence-corrected chi connectivity index (χ1v) is 9.41. The summed E-state index contributed by atoms with van der Waals surface area (Å²) in [6.07, 6.45) is 3.66. The SMILES string of the molecule is Cc1c(F)cccc1N1CN(C)c2cnc3ccc(-c4ccc(N)nc4)cc3c21. The Morgan fingerprint density at radius 3 is 2.59 bits per heavy atom. The molecular weight excluding hydrogens is 365 g/mol. The number of anilines is 4. The van der Waals surface area contributed by atoms with Gasteiger partial charge in [0.05, 0.1) is 29.8 Å². The van der Waals surface area contributed by atoms with Crippen LogP contribution in [-0.2, 0) is 0 Å². The first-order valence-electron chi connectivity index (χ1n) is 9.41. The third-order valence-electron chi connectivity index (χ3n) is 5.50. The van der Waals surface area contributed by atoms with Crippen molar-refractivity contribution in [3.8, 4) is 11.1 Å². The topological polar surface area (TPSA) is 58.3 Å². The van der Waals surface area contributed by atoms with Crippen LogP contribution in [0.25, 0.3) is 22.0 Å². The van der Waals surface area contributed by atoms with E-state index in [9.17, 15) is 4.39 Å². The van der Waals surface area contributed by atoms with Gasteiger partial charge in [-0.25, -0.2) is 9.37 Å². The minimum absolute atomic E-state index is 0.203. The van der Waals surface area contributed by atoms with Crippen LogP contribution in [0.1, 0.15) is 5.56 Å². The highest BCUT2D eigenvalue weighted by molar-refractivity contribution is 6.04. The van der Waals surface area contributed by atoms with Gasteiger partial charge in [-0.3, -0.25) is 4.98 Å². The number of aromatic nitrogens is 2. The van der Waals surface area contributed by atoms with Crippen molar-refractivity contribution in [3.63, 3.8) is 0 Å². The zero-order chi connectivity index (χ0) is 20.1. The van der Waals surface area contributed by atoms with Gasteiger partial charge in [0.1, 0.15) is 11.6 Å². The Kier molecular flexibility index (Phi) is 3.87. The first kappa shape index (κ1) is 17.4. The number of nitrogen functional groups attached to an aromatic ring is 1. The number of fused-ring (bicyclic) bond motifs is 3. The molecule has 5 nitrogen and oxygen atoms in total. The van der Waals surface area contributed by atoms with E-state index in [-0.39, 0.29) is 5.82 Å². The fraction of sp³-hybridized carbons (Fsp3) is 0.130. The number of hydrogen-bond acceptors (Lipinski definition) is 5. The molecule has 0 amide bonds. The number of halogens is 1. The molecule has 0 radical (unpaired) electrons. The van der Waals surface area contributed by atoms with Crippen LogP contribution in [0.5, 0.6) is 0 Å². The molecule has 2 aromatic heterocycles. The summed E-state index contributed by atoms with van der Waals surface area (Å²) in [7, 11) is 2.02. The normalized spacial score (nSPS) is 13.2. The molecule has 0 bridgehead atoms. The van der Waals surface area contributed by atoms with Crippen molar-refractivity contribution in [2.45, 2.75) is 6.92 Å². The summed E-state index contributed by atoms with van der Waals surface area (Å²) in [6.45, 7) is 2.45. The molecule has 0 spiro atoms. The zero-order valence-electron chi connectivity index (χ0n) is 16.2. The lowest BCUT2D eigenvalue weighted by molar-refractivity contribution is 0.618. The molecule has 0 saturated heterocycles. The summed E-state index contributed by atoms with van der Waals surface area (Å²) in [5.74, 6) is 0.289. The third-order valence-corrected chi connectivity index (χ3v) is 5.50. The number of nitrogens with two attached hydrogens (primary N) is 1. The summed E-state index contributed by atoms with van der Waals surface area (Å²) in [5.41, 5.74) is 12.2. The molecule has 4 aromatic rings. The molecule has 6 heteroatoms. The maximum atomic E-state index is 14.3. The Bertz CT molecular complexity index is 1240. The molecule has 0 atom stereocenters. The highest BCUT2D eigenvalue weighted by atomic mass is 19.1. The van der Waals surface area contributed by atoms with Crippen molar-refractivity contribution >= 4 is 33.8 Å². The average Bonchev–Trinajstić information content (AvgIpc) is 3.07. The van der Waals surface area contributed by atoms with Crippen LogP contribution in [0.3, 0.4) is 0 Å². The van der Waals surface area contributed by atoms with E-state index in [0.717, 1.165) is 39.1 Å². The summed E-state index contributed by atoms with van der Waals surface area (Å²) in [5, 5.41) is 1.02. The second-order valence-electron chi connectivity index (χ2n) is 7.35. The fourth-order valence-corrected chi connectivity index (χ4v) is 3.93. The second-order valence-corrected chi connectivity index (χ2v) is 7.35. The van der Waals surface area contributed by atoms with Crippen molar-refractivity contribution in [2.24, 2.45) is 0 Å². The largest absolute Gasteiger partial charge is 0.384 e. The summed E-state index contributed by atoms with van der Waals surface area (Å²) < 4.78 is 14.3. The van der Waals surface area contributed by atoms with Gasteiger partial charge in [0.2, 0.25) is 0 Å². The predicted molar refractivity (Wildman–Crippen MR) is 116 cm³/mol. The lowest BCUT2D eigenvalue weighted by Gasteiger charge is -2.22. The molecule has 3 heterocycles. The Morgan fingerprint density at radius 1 is 0.966 bits per heavy atom. The molecule has 5 rings (SSSR count). The van der Waals surface area contributed by atoms with Gasteiger partial charge < -0.3 is 15.5 Å². The average molecular weight is 385 g/mol. The Morgan fingerprint density at radius 2 is 1.79 bits per heavy atom. The predicted octanol–water partition coefficient (Wildman–Crippen LogP) is 4.87. The van der Waals surface area contributed by atoms with Crippen molar-refractivity contribution < 1.29 is 4.39 Å². The maximum absolute atomic E-state index is 14.3. The third kappa shape index (κ3) is 2.76. The smallest absolute Gasteiger partial charge is 0.128 e. The minimum Gasteiger partial charge on any atom is -0.384 e. The fourth-order valence-electron chi connectivity index (χ4n) is 3.93. The number of rotatable bonds is 2. The van der Waals surface area contributed by atoms with Gasteiger partial charge in [-0.1, -0.05) is 12.1 Å². The monoisotopic (exact) mass is 385 g/mol. The first-order chi connectivity index (χ1) is 14.0. The molecule has 2 aromatic carbocycles. The van der Waals surface area contributed by atoms with Crippen LogP contribution in [0.15, 0.2) is 60.9 Å². The van der Waals surface area contributed by atoms with Gasteiger partial charge >= 0.3 is 0 Å². The van der Waals surface area contributed by atoms with E-state index in [1.54, 1.807) is 18.3 Å². The van der Waals surface area contributed by atoms with Crippen LogP contribution in [0.2, 0.25) is 0 Å². The van der Waals surface area contributed by atoms with Gasteiger partial charge in [0.15, 0.2) is 0 Å². The number of nitrogens with zero attached hydrogens (tertiary/aromatic N) is 4. The molecule has 0 saturated carbocycles. The van der Waals surface area contributed by atoms with Crippen LogP contribution in [0.4, 0.5) is 27.3 Å². The van der Waals surface area contributed by atoms with E-state index in [1.165, 1.54) is 6.07 Å². The van der Waals surface area contributed by atoms with E-state index in [4.69, 9.17) is 5.73 Å². The standard InChI is InChI=1S/C23H20FN5/c1-14-18(24)4-3-5-20(14)29-13-28(2)21-12-26-19-8-6-15(10-17(19)23(21)29)16-7-9-22(25)27-11-16/h3-12H,13H2,1-2H3,(H2,25,27). The second kappa shape index (κ2) is 6.44. The molecule has 29 heavy (non-hydrogen) atoms. The molecule has 0 aliphatic carbocycles. The van der Waals surface area contributed by atoms with Crippen LogP contribution >= 0.6 is 0 Å². The highest BCUT2D eigenvalue weighted by Crippen LogP contribution is 2.45. The molecule has 1 aliphatic heterocycles. The van der Waals surface area contributed by atoms with Crippen molar-refractivity contribution in [3.05, 3.63) is 72.3 Å². The van der Waals surface area contributed by atoms with Crippen molar-refractivity contribution in [2.75, 3.05) is 29.2 Å². The van der Waals surface area contributed by atoms with Crippen LogP contribution < -0.4 is 15.5 Å². The zero-order valence-corrected chi connectivity index (χ0v) is 16.2. The number of pyridine rings is 2. The molecule has 0 fully saturated rings. The summed E-state index contributed by atoms with van der Waals surface area (Å²) in [6, 6.07) is 15.1. The Labute approximate surface area is 168 Å². The van der Waals surface area contributed by atoms with E-state index in [0.29, 0.717) is 18.1 Å². The van der Waals surface area contributed by atoms with E-state index in [2.05, 4.69) is 25.8 Å².